The van der Waals surface area contributed by atoms with E-state index in [1.54, 1.807) is 12.1 Å². The number of fused-ring (bicyclic) bond motifs is 1. The second kappa shape index (κ2) is 13.2. The average molecular weight is 571 g/mol. The van der Waals surface area contributed by atoms with E-state index in [4.69, 9.17) is 0 Å². The van der Waals surface area contributed by atoms with Crippen molar-refractivity contribution in [1.29, 1.82) is 0 Å². The molecule has 41 heavy (non-hydrogen) atoms. The highest BCUT2D eigenvalue weighted by Crippen LogP contribution is 2.50. The summed E-state index contributed by atoms with van der Waals surface area (Å²) in [6, 6.07) is 1.68. The molecular formula is C34H52F2N4O. The fourth-order valence-corrected chi connectivity index (χ4v) is 8.86. The summed E-state index contributed by atoms with van der Waals surface area (Å²) in [6.45, 7) is 6.41. The van der Waals surface area contributed by atoms with Gasteiger partial charge in [0.1, 0.15) is 0 Å². The van der Waals surface area contributed by atoms with E-state index in [1.807, 2.05) is 22.9 Å². The third-order valence-corrected chi connectivity index (χ3v) is 10.8. The molecule has 1 aromatic heterocycles. The largest absolute Gasteiger partial charge is 0.312 e. The minimum Gasteiger partial charge on any atom is -0.312 e. The van der Waals surface area contributed by atoms with E-state index in [2.05, 4.69) is 36.6 Å². The maximum Gasteiger partial charge on any atom is 0.270 e. The van der Waals surface area contributed by atoms with Gasteiger partial charge in [0.25, 0.3) is 11.5 Å². The van der Waals surface area contributed by atoms with E-state index in [1.165, 1.54) is 44.9 Å². The van der Waals surface area contributed by atoms with E-state index < -0.39 is 5.92 Å². The smallest absolute Gasteiger partial charge is 0.270 e. The molecule has 3 fully saturated rings. The molecule has 3 unspecified atom stereocenters. The third-order valence-electron chi connectivity index (χ3n) is 10.8. The van der Waals surface area contributed by atoms with Crippen LogP contribution in [-0.2, 0) is 6.42 Å². The number of hydrogen-bond acceptors (Lipinski definition) is 4. The minimum atomic E-state index is -2.96. The third kappa shape index (κ3) is 6.73. The molecule has 0 aromatic carbocycles. The van der Waals surface area contributed by atoms with Crippen LogP contribution in [0.2, 0.25) is 0 Å². The zero-order chi connectivity index (χ0) is 29.1. The first-order valence-electron chi connectivity index (χ1n) is 16.4. The molecule has 2 N–H and O–H groups in total. The first kappa shape index (κ1) is 30.6. The Bertz CT molecular complexity index is 1150. The van der Waals surface area contributed by atoms with Gasteiger partial charge in [-0.25, -0.2) is 19.6 Å². The zero-order valence-corrected chi connectivity index (χ0v) is 25.7. The van der Waals surface area contributed by atoms with Crippen LogP contribution in [0.5, 0.6) is 0 Å². The van der Waals surface area contributed by atoms with E-state index >= 15 is 0 Å². The van der Waals surface area contributed by atoms with E-state index in [0.29, 0.717) is 53.6 Å². The summed E-state index contributed by atoms with van der Waals surface area (Å²) in [5, 5.41) is 0. The van der Waals surface area contributed by atoms with Crippen LogP contribution in [0.1, 0.15) is 109 Å². The summed E-state index contributed by atoms with van der Waals surface area (Å²) in [7, 11) is 2.20. The SMILES string of the molecule is CCC[C@@H](CC)C1CC(n2cc3c(cc2=O)C/C=C\C/C=C/3C(C)(F)F)C[C@H]([C@@H](C2CCCC2)C2NNCN2C)C1. The molecule has 0 amide bonds. The summed E-state index contributed by atoms with van der Waals surface area (Å²) < 4.78 is 31.7. The Hall–Kier alpha value is -1.83. The first-order chi connectivity index (χ1) is 19.7. The van der Waals surface area contributed by atoms with Gasteiger partial charge in [-0.05, 0) is 74.3 Å². The number of pyridine rings is 1. The first-order valence-corrected chi connectivity index (χ1v) is 16.4. The van der Waals surface area contributed by atoms with Crippen LogP contribution >= 0.6 is 0 Å². The molecule has 228 valence electrons. The van der Waals surface area contributed by atoms with Gasteiger partial charge in [0.05, 0.1) is 12.8 Å². The van der Waals surface area contributed by atoms with Gasteiger partial charge in [0.2, 0.25) is 0 Å². The Morgan fingerprint density at radius 3 is 2.49 bits per heavy atom. The summed E-state index contributed by atoms with van der Waals surface area (Å²) in [5.41, 5.74) is 8.27. The standard InChI is InChI=1S/C34H52F2N4O/c1-5-12-23(6-2)26-17-27(32(24-13-10-11-14-24)33-38-37-22-39(33)4)19-28(18-26)40-21-29-25(20-31(40)41)15-8-7-9-16-30(29)34(3,35)36/h7-8,16,20-21,23-24,26-28,32-33,37-38H,5-6,9-15,17-19,22H2,1-4H3/b8-7-,30-16-/t23-,26?,27-,28?,32-,33?/m1/s1. The van der Waals surface area contributed by atoms with Crippen molar-refractivity contribution < 1.29 is 8.78 Å². The molecule has 5 rings (SSSR count). The molecule has 2 heterocycles. The molecule has 3 aliphatic carbocycles. The topological polar surface area (TPSA) is 49.3 Å². The number of halogens is 2. The normalized spacial score (nSPS) is 31.6. The molecule has 7 heteroatoms. The number of nitrogens with zero attached hydrogens (tertiary/aromatic N) is 2. The highest BCUT2D eigenvalue weighted by atomic mass is 19.3. The molecule has 6 atom stereocenters. The van der Waals surface area contributed by atoms with Crippen LogP contribution in [-0.4, -0.2) is 35.3 Å². The van der Waals surface area contributed by atoms with Gasteiger partial charge in [0, 0.05) is 36.4 Å². The molecule has 0 radical (unpaired) electrons. The maximum atomic E-state index is 14.9. The van der Waals surface area contributed by atoms with Gasteiger partial charge in [-0.3, -0.25) is 9.69 Å². The summed E-state index contributed by atoms with van der Waals surface area (Å²) in [6.07, 6.45) is 20.4. The highest BCUT2D eigenvalue weighted by Gasteiger charge is 2.45. The number of aromatic nitrogens is 1. The van der Waals surface area contributed by atoms with Crippen LogP contribution in [0.25, 0.3) is 5.57 Å². The van der Waals surface area contributed by atoms with Gasteiger partial charge >= 0.3 is 0 Å². The fourth-order valence-electron chi connectivity index (χ4n) is 8.86. The number of hydrazine groups is 1. The lowest BCUT2D eigenvalue weighted by Gasteiger charge is -2.46. The monoisotopic (exact) mass is 570 g/mol. The quantitative estimate of drug-likeness (QED) is 0.306. The molecule has 4 aliphatic rings. The van der Waals surface area contributed by atoms with Crippen molar-refractivity contribution in [2.24, 2.45) is 29.6 Å². The van der Waals surface area contributed by atoms with Crippen LogP contribution < -0.4 is 16.4 Å². The van der Waals surface area contributed by atoms with Crippen molar-refractivity contribution in [1.82, 2.24) is 20.3 Å². The molecule has 0 spiro atoms. The van der Waals surface area contributed by atoms with Crippen molar-refractivity contribution in [2.45, 2.75) is 116 Å². The van der Waals surface area contributed by atoms with Gasteiger partial charge in [-0.1, -0.05) is 77.0 Å². The lowest BCUT2D eigenvalue weighted by Crippen LogP contribution is -2.49. The Balaban J connectivity index is 1.56. The number of alkyl halides is 2. The molecule has 0 bridgehead atoms. The van der Waals surface area contributed by atoms with Crippen LogP contribution in [0.15, 0.2) is 35.3 Å². The molecule has 1 aliphatic heterocycles. The van der Waals surface area contributed by atoms with E-state index in [0.717, 1.165) is 32.9 Å². The van der Waals surface area contributed by atoms with Crippen molar-refractivity contribution >= 4 is 5.57 Å². The van der Waals surface area contributed by atoms with Crippen LogP contribution in [0.4, 0.5) is 8.78 Å². The minimum absolute atomic E-state index is 0.0266. The highest BCUT2D eigenvalue weighted by molar-refractivity contribution is 5.73. The van der Waals surface area contributed by atoms with Gasteiger partial charge in [-0.2, -0.15) is 0 Å². The summed E-state index contributed by atoms with van der Waals surface area (Å²) >= 11 is 0. The molecule has 2 saturated carbocycles. The lowest BCUT2D eigenvalue weighted by molar-refractivity contribution is 0.0327. The second-order valence-electron chi connectivity index (χ2n) is 13.5. The zero-order valence-electron chi connectivity index (χ0n) is 25.7. The fraction of sp³-hybridized carbons (Fsp3) is 0.735. The summed E-state index contributed by atoms with van der Waals surface area (Å²) in [4.78, 5) is 16.2. The lowest BCUT2D eigenvalue weighted by atomic mass is 9.64. The molecule has 5 nitrogen and oxygen atoms in total. The van der Waals surface area contributed by atoms with Crippen molar-refractivity contribution in [3.8, 4) is 0 Å². The Morgan fingerprint density at radius 2 is 1.83 bits per heavy atom. The average Bonchev–Trinajstić information content (AvgIpc) is 3.60. The predicted octanol–water partition coefficient (Wildman–Crippen LogP) is 7.30. The van der Waals surface area contributed by atoms with Gasteiger partial charge < -0.3 is 4.57 Å². The summed E-state index contributed by atoms with van der Waals surface area (Å²) in [5.74, 6) is -0.143. The van der Waals surface area contributed by atoms with Gasteiger partial charge in [-0.15, -0.1) is 0 Å². The molecular weight excluding hydrogens is 518 g/mol. The van der Waals surface area contributed by atoms with Crippen molar-refractivity contribution in [2.75, 3.05) is 13.7 Å². The Labute approximate surface area is 245 Å². The number of allylic oxidation sites excluding steroid dienone is 4. The van der Waals surface area contributed by atoms with E-state index in [-0.39, 0.29) is 23.3 Å². The van der Waals surface area contributed by atoms with Gasteiger partial charge in [0.15, 0.2) is 0 Å². The number of rotatable bonds is 9. The predicted molar refractivity (Wildman–Crippen MR) is 163 cm³/mol. The molecule has 1 aromatic rings. The van der Waals surface area contributed by atoms with Crippen LogP contribution in [0.3, 0.4) is 0 Å². The second-order valence-corrected chi connectivity index (χ2v) is 13.5. The Kier molecular flexibility index (Phi) is 9.87. The number of hydrogen-bond donors (Lipinski definition) is 2. The van der Waals surface area contributed by atoms with E-state index in [9.17, 15) is 13.6 Å². The number of nitrogens with one attached hydrogen (secondary N) is 2. The molecule has 1 saturated heterocycles. The van der Waals surface area contributed by atoms with Crippen molar-refractivity contribution in [3.05, 3.63) is 52.0 Å². The maximum absolute atomic E-state index is 14.9. The Morgan fingerprint density at radius 1 is 1.07 bits per heavy atom. The van der Waals surface area contributed by atoms with Crippen molar-refractivity contribution in [3.63, 3.8) is 0 Å². The van der Waals surface area contributed by atoms with Crippen LogP contribution in [0, 0.1) is 29.6 Å².